The first kappa shape index (κ1) is 29.3. The SMILES string of the molecule is Cn1nc(C(C)(C(C)(F)F)C(C)(F)F)c(OC(F)F)c1N=CC(=CN)c1ccc(Cl)c(C(=O)NC2CC2)c1. The average Bonchev–Trinajstić information content (AvgIpc) is 3.56. The fourth-order valence-electron chi connectivity index (χ4n) is 3.68. The van der Waals surface area contributed by atoms with Crippen molar-refractivity contribution in [2.45, 2.75) is 63.5 Å². The van der Waals surface area contributed by atoms with E-state index in [-0.39, 0.29) is 36.0 Å². The molecule has 38 heavy (non-hydrogen) atoms. The summed E-state index contributed by atoms with van der Waals surface area (Å²) in [6.45, 7) is -2.57. The van der Waals surface area contributed by atoms with Crippen LogP contribution < -0.4 is 15.8 Å². The second-order valence-electron chi connectivity index (χ2n) is 9.23. The summed E-state index contributed by atoms with van der Waals surface area (Å²) in [5, 5.41) is 6.66. The van der Waals surface area contributed by atoms with Gasteiger partial charge in [0, 0.05) is 44.9 Å². The summed E-state index contributed by atoms with van der Waals surface area (Å²) in [5.74, 6) is -10.2. The van der Waals surface area contributed by atoms with Crippen LogP contribution >= 0.6 is 11.6 Å². The molecule has 1 amide bonds. The molecule has 7 nitrogen and oxygen atoms in total. The number of carbonyl (C=O) groups excluding carboxylic acids is 1. The van der Waals surface area contributed by atoms with Gasteiger partial charge in [0.05, 0.1) is 10.6 Å². The van der Waals surface area contributed by atoms with Crippen LogP contribution in [-0.2, 0) is 12.5 Å². The molecule has 1 aliphatic carbocycles. The number of allylic oxidation sites excluding steroid dienone is 1. The van der Waals surface area contributed by atoms with E-state index in [1.807, 2.05) is 0 Å². The highest BCUT2D eigenvalue weighted by Gasteiger charge is 2.64. The maximum Gasteiger partial charge on any atom is 0.387 e. The summed E-state index contributed by atoms with van der Waals surface area (Å²) in [6, 6.07) is 4.46. The number of hydrogen-bond donors (Lipinski definition) is 2. The molecule has 3 N–H and O–H groups in total. The molecule has 208 valence electrons. The lowest BCUT2D eigenvalue weighted by Crippen LogP contribution is -2.53. The Morgan fingerprint density at radius 2 is 1.84 bits per heavy atom. The quantitative estimate of drug-likeness (QED) is 0.280. The third-order valence-corrected chi connectivity index (χ3v) is 6.70. The van der Waals surface area contributed by atoms with Crippen LogP contribution in [0.5, 0.6) is 5.75 Å². The Morgan fingerprint density at radius 1 is 1.24 bits per heavy atom. The number of nitrogens with one attached hydrogen (secondary N) is 1. The maximum atomic E-state index is 14.5. The summed E-state index contributed by atoms with van der Waals surface area (Å²) in [6.07, 6.45) is 3.86. The molecular weight excluding hydrogens is 540 g/mol. The molecule has 1 fully saturated rings. The number of rotatable bonds is 10. The van der Waals surface area contributed by atoms with Gasteiger partial charge in [0.15, 0.2) is 11.6 Å². The lowest BCUT2D eigenvalue weighted by molar-refractivity contribution is -0.173. The standard InChI is InChI=1S/C24H26ClF6N5O2/c1-22(23(2,28)29,24(3,30)31)18-17(38-21(26)27)19(36(4)35-18)33-11-13(10-32)12-5-8-16(25)15(9-12)20(37)34-14-6-7-14/h5,8-11,14,21H,6-7,32H2,1-4H3,(H,34,37). The highest BCUT2D eigenvalue weighted by atomic mass is 35.5. The maximum absolute atomic E-state index is 14.5. The fourth-order valence-corrected chi connectivity index (χ4v) is 3.88. The third-order valence-electron chi connectivity index (χ3n) is 6.37. The minimum atomic E-state index is -4.11. The van der Waals surface area contributed by atoms with Crippen molar-refractivity contribution in [2.75, 3.05) is 0 Å². The van der Waals surface area contributed by atoms with Crippen molar-refractivity contribution in [1.82, 2.24) is 15.1 Å². The van der Waals surface area contributed by atoms with Gasteiger partial charge in [0.1, 0.15) is 11.1 Å². The third kappa shape index (κ3) is 5.77. The van der Waals surface area contributed by atoms with Gasteiger partial charge in [-0.2, -0.15) is 13.9 Å². The van der Waals surface area contributed by atoms with E-state index in [0.29, 0.717) is 12.5 Å². The highest BCUT2D eigenvalue weighted by molar-refractivity contribution is 6.34. The van der Waals surface area contributed by atoms with Gasteiger partial charge >= 0.3 is 6.61 Å². The van der Waals surface area contributed by atoms with Gasteiger partial charge < -0.3 is 15.8 Å². The van der Waals surface area contributed by atoms with Crippen LogP contribution in [0.15, 0.2) is 29.4 Å². The van der Waals surface area contributed by atoms with Crippen LogP contribution in [0.1, 0.15) is 55.2 Å². The minimum Gasteiger partial charge on any atom is -0.429 e. The molecule has 0 spiro atoms. The molecule has 0 saturated heterocycles. The first-order valence-electron chi connectivity index (χ1n) is 11.4. The lowest BCUT2D eigenvalue weighted by atomic mass is 9.75. The largest absolute Gasteiger partial charge is 0.429 e. The molecule has 1 aromatic heterocycles. The van der Waals surface area contributed by atoms with Crippen LogP contribution in [0.3, 0.4) is 0 Å². The van der Waals surface area contributed by atoms with Gasteiger partial charge in [0.25, 0.3) is 17.8 Å². The van der Waals surface area contributed by atoms with E-state index in [9.17, 15) is 31.1 Å². The summed E-state index contributed by atoms with van der Waals surface area (Å²) in [4.78, 5) is 16.5. The second kappa shape index (κ2) is 10.5. The van der Waals surface area contributed by atoms with E-state index in [1.165, 1.54) is 18.2 Å². The number of amides is 1. The number of alkyl halides is 6. The number of aromatic nitrogens is 2. The molecule has 1 aliphatic rings. The zero-order valence-corrected chi connectivity index (χ0v) is 21.6. The summed E-state index contributed by atoms with van der Waals surface area (Å²) < 4.78 is 89.9. The topological polar surface area (TPSA) is 94.5 Å². The number of carbonyl (C=O) groups is 1. The number of nitrogens with two attached hydrogens (primary N) is 1. The number of halogens is 7. The van der Waals surface area contributed by atoms with Crippen LogP contribution in [0.2, 0.25) is 5.02 Å². The fraction of sp³-hybridized carbons (Fsp3) is 0.458. The number of hydrogen-bond acceptors (Lipinski definition) is 5. The van der Waals surface area contributed by atoms with Crippen molar-refractivity contribution in [1.29, 1.82) is 0 Å². The van der Waals surface area contributed by atoms with E-state index in [1.54, 1.807) is 0 Å². The van der Waals surface area contributed by atoms with Gasteiger partial charge in [-0.15, -0.1) is 0 Å². The van der Waals surface area contributed by atoms with Gasteiger partial charge in [-0.1, -0.05) is 17.7 Å². The molecule has 3 rings (SSSR count). The summed E-state index contributed by atoms with van der Waals surface area (Å²) in [7, 11) is 1.14. The van der Waals surface area contributed by atoms with E-state index in [4.69, 9.17) is 17.3 Å². The minimum absolute atomic E-state index is 0.0669. The average molecular weight is 566 g/mol. The summed E-state index contributed by atoms with van der Waals surface area (Å²) in [5.41, 5.74) is 1.95. The van der Waals surface area contributed by atoms with Crippen molar-refractivity contribution in [2.24, 2.45) is 17.8 Å². The van der Waals surface area contributed by atoms with Crippen molar-refractivity contribution >= 4 is 35.1 Å². The number of ether oxygens (including phenoxy) is 1. The smallest absolute Gasteiger partial charge is 0.387 e. The molecule has 0 bridgehead atoms. The van der Waals surface area contributed by atoms with Gasteiger partial charge in [-0.05, 0) is 37.5 Å². The van der Waals surface area contributed by atoms with Gasteiger partial charge in [0.2, 0.25) is 0 Å². The number of benzene rings is 1. The van der Waals surface area contributed by atoms with Crippen LogP contribution in [0.25, 0.3) is 5.57 Å². The molecule has 1 heterocycles. The molecule has 0 radical (unpaired) electrons. The Hall–Kier alpha value is -3.22. The Kier molecular flexibility index (Phi) is 8.11. The molecule has 0 aliphatic heterocycles. The van der Waals surface area contributed by atoms with Crippen molar-refractivity contribution in [3.63, 3.8) is 0 Å². The molecule has 0 unspecified atom stereocenters. The molecule has 2 aromatic rings. The van der Waals surface area contributed by atoms with Crippen molar-refractivity contribution < 1.29 is 35.9 Å². The first-order valence-corrected chi connectivity index (χ1v) is 11.7. The molecule has 1 saturated carbocycles. The lowest BCUT2D eigenvalue weighted by Gasteiger charge is -2.38. The Morgan fingerprint density at radius 3 is 2.34 bits per heavy atom. The Labute approximate surface area is 219 Å². The number of nitrogens with zero attached hydrogens (tertiary/aromatic N) is 3. The second-order valence-corrected chi connectivity index (χ2v) is 9.63. The predicted octanol–water partition coefficient (Wildman–Crippen LogP) is 5.84. The molecule has 1 aromatic carbocycles. The zero-order chi connectivity index (χ0) is 28.6. The first-order chi connectivity index (χ1) is 17.5. The Balaban J connectivity index is 2.08. The molecular formula is C24H26ClF6N5O2. The van der Waals surface area contributed by atoms with E-state index in [2.05, 4.69) is 20.1 Å². The van der Waals surface area contributed by atoms with Crippen LogP contribution in [-0.4, -0.2) is 46.4 Å². The monoisotopic (exact) mass is 565 g/mol. The van der Waals surface area contributed by atoms with Crippen LogP contribution in [0, 0.1) is 0 Å². The predicted molar refractivity (Wildman–Crippen MR) is 131 cm³/mol. The van der Waals surface area contributed by atoms with E-state index < -0.39 is 47.0 Å². The Bertz CT molecular complexity index is 1250. The highest BCUT2D eigenvalue weighted by Crippen LogP contribution is 2.53. The van der Waals surface area contributed by atoms with E-state index >= 15 is 0 Å². The normalized spacial score (nSPS) is 15.4. The summed E-state index contributed by atoms with van der Waals surface area (Å²) >= 11 is 6.16. The van der Waals surface area contributed by atoms with Crippen LogP contribution in [0.4, 0.5) is 32.2 Å². The number of aryl methyl sites for hydroxylation is 1. The van der Waals surface area contributed by atoms with E-state index in [0.717, 1.165) is 37.0 Å². The van der Waals surface area contributed by atoms with Crippen molar-refractivity contribution in [3.05, 3.63) is 46.2 Å². The number of aliphatic imine (C=N–C) groups is 1. The van der Waals surface area contributed by atoms with Gasteiger partial charge in [-0.25, -0.2) is 27.2 Å². The zero-order valence-electron chi connectivity index (χ0n) is 20.8. The van der Waals surface area contributed by atoms with Gasteiger partial charge in [-0.3, -0.25) is 4.79 Å². The molecule has 0 atom stereocenters. The van der Waals surface area contributed by atoms with Crippen molar-refractivity contribution in [3.8, 4) is 5.75 Å². The molecule has 14 heteroatoms.